The fourth-order valence-corrected chi connectivity index (χ4v) is 2.87. The van der Waals surface area contributed by atoms with Gasteiger partial charge in [-0.2, -0.15) is 0 Å². The van der Waals surface area contributed by atoms with Crippen molar-refractivity contribution in [2.75, 3.05) is 6.54 Å². The van der Waals surface area contributed by atoms with Crippen LogP contribution in [0.3, 0.4) is 0 Å². The zero-order chi connectivity index (χ0) is 14.6. The fraction of sp³-hybridized carbons (Fsp3) is 0.600. The number of nitrogens with one attached hydrogen (secondary N) is 1. The third-order valence-corrected chi connectivity index (χ3v) is 4.10. The molecule has 20 heavy (non-hydrogen) atoms. The van der Waals surface area contributed by atoms with Crippen LogP contribution in [0.15, 0.2) is 18.3 Å². The topological polar surface area (TPSA) is 71.3 Å². The van der Waals surface area contributed by atoms with Gasteiger partial charge in [0.2, 0.25) is 0 Å². The quantitative estimate of drug-likeness (QED) is 0.868. The first kappa shape index (κ1) is 14.6. The summed E-state index contributed by atoms with van der Waals surface area (Å²) in [5, 5.41) is 11.8. The van der Waals surface area contributed by atoms with Crippen LogP contribution >= 0.6 is 0 Å². The molecule has 0 aromatic carbocycles. The van der Waals surface area contributed by atoms with Gasteiger partial charge in [-0.1, -0.05) is 26.2 Å². The summed E-state index contributed by atoms with van der Waals surface area (Å²) in [6.07, 6.45) is 7.63. The number of nitrogens with zero attached hydrogens (tertiary/aromatic N) is 1. The predicted octanol–water partition coefficient (Wildman–Crippen LogP) is 2.27. The summed E-state index contributed by atoms with van der Waals surface area (Å²) in [7, 11) is 0. The molecule has 0 saturated heterocycles. The Balaban J connectivity index is 1.94. The number of carbonyl (C=O) groups is 2. The molecule has 1 aliphatic rings. The van der Waals surface area contributed by atoms with Crippen molar-refractivity contribution in [1.29, 1.82) is 0 Å². The highest BCUT2D eigenvalue weighted by Crippen LogP contribution is 2.34. The second-order valence-corrected chi connectivity index (χ2v) is 5.97. The lowest BCUT2D eigenvalue weighted by Crippen LogP contribution is -2.37. The van der Waals surface area contributed by atoms with E-state index in [9.17, 15) is 9.59 Å². The number of hydrogen-bond donors (Lipinski definition) is 2. The van der Waals surface area contributed by atoms with Crippen LogP contribution in [0.1, 0.15) is 49.5 Å². The fourth-order valence-electron chi connectivity index (χ4n) is 2.87. The Kier molecular flexibility index (Phi) is 4.47. The molecule has 1 saturated carbocycles. The van der Waals surface area contributed by atoms with Crippen molar-refractivity contribution >= 4 is 11.9 Å². The van der Waals surface area contributed by atoms with Gasteiger partial charge in [-0.05, 0) is 30.4 Å². The third kappa shape index (κ3) is 3.62. The lowest BCUT2D eigenvalue weighted by atomic mass is 9.76. The van der Waals surface area contributed by atoms with E-state index >= 15 is 0 Å². The molecule has 1 fully saturated rings. The van der Waals surface area contributed by atoms with Crippen molar-refractivity contribution < 1.29 is 14.7 Å². The molecule has 1 aliphatic carbocycles. The van der Waals surface area contributed by atoms with Gasteiger partial charge < -0.3 is 15.0 Å². The molecule has 0 aliphatic heterocycles. The van der Waals surface area contributed by atoms with E-state index in [0.717, 1.165) is 12.8 Å². The van der Waals surface area contributed by atoms with Gasteiger partial charge in [-0.25, -0.2) is 0 Å². The summed E-state index contributed by atoms with van der Waals surface area (Å²) in [6, 6.07) is 3.35. The van der Waals surface area contributed by atoms with Gasteiger partial charge in [-0.3, -0.25) is 9.59 Å². The van der Waals surface area contributed by atoms with Crippen molar-refractivity contribution in [1.82, 2.24) is 9.88 Å². The first-order chi connectivity index (χ1) is 9.50. The van der Waals surface area contributed by atoms with E-state index in [1.54, 1.807) is 18.3 Å². The Bertz CT molecular complexity index is 487. The molecule has 1 heterocycles. The van der Waals surface area contributed by atoms with E-state index in [-0.39, 0.29) is 17.9 Å². The lowest BCUT2D eigenvalue weighted by molar-refractivity contribution is -0.137. The normalized spacial score (nSPS) is 17.6. The molecule has 0 atom stereocenters. The predicted molar refractivity (Wildman–Crippen MR) is 75.6 cm³/mol. The largest absolute Gasteiger partial charge is 0.480 e. The molecule has 1 aromatic heterocycles. The summed E-state index contributed by atoms with van der Waals surface area (Å²) < 4.78 is 1.46. The van der Waals surface area contributed by atoms with Crippen LogP contribution in [0.2, 0.25) is 0 Å². The second kappa shape index (κ2) is 6.11. The molecule has 2 rings (SSSR count). The van der Waals surface area contributed by atoms with Gasteiger partial charge in [-0.15, -0.1) is 0 Å². The van der Waals surface area contributed by atoms with Gasteiger partial charge in [0.05, 0.1) is 0 Å². The standard InChI is InChI=1S/C15H22N2O3/c1-15(7-3-2-4-8-15)11-16-14(20)12-6-5-9-17(12)10-13(18)19/h5-6,9H,2-4,7-8,10-11H2,1H3,(H,16,20)(H,18,19). The number of carboxylic acid groups (broad SMARTS) is 1. The van der Waals surface area contributed by atoms with Gasteiger partial charge in [0.15, 0.2) is 0 Å². The first-order valence-corrected chi connectivity index (χ1v) is 7.15. The number of carbonyl (C=O) groups excluding carboxylic acids is 1. The number of hydrogen-bond acceptors (Lipinski definition) is 2. The molecule has 0 unspecified atom stereocenters. The minimum atomic E-state index is -0.950. The molecule has 1 amide bonds. The summed E-state index contributed by atoms with van der Waals surface area (Å²) in [6.45, 7) is 2.68. The van der Waals surface area contributed by atoms with Crippen molar-refractivity contribution in [3.05, 3.63) is 24.0 Å². The first-order valence-electron chi connectivity index (χ1n) is 7.15. The SMILES string of the molecule is CC1(CNC(=O)c2cccn2CC(=O)O)CCCCC1. The van der Waals surface area contributed by atoms with Crippen molar-refractivity contribution in [3.8, 4) is 0 Å². The molecular formula is C15H22N2O3. The minimum Gasteiger partial charge on any atom is -0.480 e. The van der Waals surface area contributed by atoms with Gasteiger partial charge in [0.1, 0.15) is 12.2 Å². The van der Waals surface area contributed by atoms with Crippen LogP contribution in [0.5, 0.6) is 0 Å². The maximum Gasteiger partial charge on any atom is 0.323 e. The molecule has 110 valence electrons. The van der Waals surface area contributed by atoms with Crippen LogP contribution in [0.25, 0.3) is 0 Å². The van der Waals surface area contributed by atoms with E-state index in [4.69, 9.17) is 5.11 Å². The number of aromatic nitrogens is 1. The highest BCUT2D eigenvalue weighted by Gasteiger charge is 2.27. The molecule has 5 heteroatoms. The monoisotopic (exact) mass is 278 g/mol. The average Bonchev–Trinajstić information content (AvgIpc) is 2.84. The van der Waals surface area contributed by atoms with Crippen LogP contribution in [0.4, 0.5) is 0 Å². The van der Waals surface area contributed by atoms with Gasteiger partial charge in [0, 0.05) is 12.7 Å². The lowest BCUT2D eigenvalue weighted by Gasteiger charge is -2.33. The molecule has 2 N–H and O–H groups in total. The van der Waals surface area contributed by atoms with E-state index < -0.39 is 5.97 Å². The van der Waals surface area contributed by atoms with Crippen LogP contribution in [0, 0.1) is 5.41 Å². The van der Waals surface area contributed by atoms with Crippen LogP contribution in [-0.4, -0.2) is 28.1 Å². The van der Waals surface area contributed by atoms with E-state index in [0.29, 0.717) is 12.2 Å². The third-order valence-electron chi connectivity index (χ3n) is 4.10. The maximum atomic E-state index is 12.2. The van der Waals surface area contributed by atoms with Gasteiger partial charge >= 0.3 is 5.97 Å². The highest BCUT2D eigenvalue weighted by atomic mass is 16.4. The maximum absolute atomic E-state index is 12.2. The molecule has 5 nitrogen and oxygen atoms in total. The zero-order valence-electron chi connectivity index (χ0n) is 11.9. The second-order valence-electron chi connectivity index (χ2n) is 5.97. The summed E-state index contributed by atoms with van der Waals surface area (Å²) in [5.74, 6) is -1.14. The molecule has 0 spiro atoms. The van der Waals surface area contributed by atoms with E-state index in [2.05, 4.69) is 12.2 Å². The Morgan fingerprint density at radius 1 is 1.35 bits per heavy atom. The number of aliphatic carboxylic acids is 1. The van der Waals surface area contributed by atoms with Crippen molar-refractivity contribution in [2.45, 2.75) is 45.6 Å². The summed E-state index contributed by atoms with van der Waals surface area (Å²) >= 11 is 0. The number of rotatable bonds is 5. The smallest absolute Gasteiger partial charge is 0.323 e. The summed E-state index contributed by atoms with van der Waals surface area (Å²) in [4.78, 5) is 22.9. The molecular weight excluding hydrogens is 256 g/mol. The van der Waals surface area contributed by atoms with Crippen molar-refractivity contribution in [2.24, 2.45) is 5.41 Å². The number of carboxylic acids is 1. The van der Waals surface area contributed by atoms with Crippen molar-refractivity contribution in [3.63, 3.8) is 0 Å². The Morgan fingerprint density at radius 2 is 2.05 bits per heavy atom. The van der Waals surface area contributed by atoms with E-state index in [1.807, 2.05) is 0 Å². The highest BCUT2D eigenvalue weighted by molar-refractivity contribution is 5.93. The number of amides is 1. The Morgan fingerprint density at radius 3 is 2.70 bits per heavy atom. The minimum absolute atomic E-state index is 0.179. The van der Waals surface area contributed by atoms with Gasteiger partial charge in [0.25, 0.3) is 5.91 Å². The Hall–Kier alpha value is -1.78. The zero-order valence-corrected chi connectivity index (χ0v) is 11.9. The van der Waals surface area contributed by atoms with E-state index in [1.165, 1.54) is 23.8 Å². The van der Waals surface area contributed by atoms with Crippen LogP contribution < -0.4 is 5.32 Å². The molecule has 0 bridgehead atoms. The molecule has 1 aromatic rings. The Labute approximate surface area is 119 Å². The van der Waals surface area contributed by atoms with Crippen LogP contribution in [-0.2, 0) is 11.3 Å². The average molecular weight is 278 g/mol. The summed E-state index contributed by atoms with van der Waals surface area (Å²) in [5.41, 5.74) is 0.588. The molecule has 0 radical (unpaired) electrons.